The first-order chi connectivity index (χ1) is 14.6. The van der Waals surface area contributed by atoms with Gasteiger partial charge in [0.15, 0.2) is 5.78 Å². The lowest BCUT2D eigenvalue weighted by Gasteiger charge is -2.35. The molecule has 4 aliphatic rings. The summed E-state index contributed by atoms with van der Waals surface area (Å²) in [5.41, 5.74) is 1.18. The summed E-state index contributed by atoms with van der Waals surface area (Å²) in [5.74, 6) is 0.609. The number of ether oxygens (including phenoxy) is 3. The van der Waals surface area contributed by atoms with Gasteiger partial charge in [-0.3, -0.25) is 9.53 Å². The molecular formula is C22H23ClF3NO4. The van der Waals surface area contributed by atoms with E-state index in [2.05, 4.69) is 16.6 Å². The summed E-state index contributed by atoms with van der Waals surface area (Å²) in [6.45, 7) is 5.12. The van der Waals surface area contributed by atoms with Crippen LogP contribution in [-0.2, 0) is 9.47 Å². The van der Waals surface area contributed by atoms with Gasteiger partial charge in [-0.25, -0.2) is 0 Å². The van der Waals surface area contributed by atoms with E-state index in [9.17, 15) is 18.0 Å². The zero-order chi connectivity index (χ0) is 22.0. The Balaban J connectivity index is 1.05. The Morgan fingerprint density at radius 2 is 2.06 bits per heavy atom. The van der Waals surface area contributed by atoms with Crippen molar-refractivity contribution in [2.45, 2.75) is 56.2 Å². The van der Waals surface area contributed by atoms with E-state index in [-0.39, 0.29) is 29.1 Å². The van der Waals surface area contributed by atoms with Crippen LogP contribution in [0.1, 0.15) is 42.5 Å². The molecule has 5 rings (SSSR count). The SMILES string of the molecule is C=C(NC12CC1(COCC1CC(OC(F)(F)F)C1)C2)C1CC(=O)c2cc(Cl)ccc2O1. The van der Waals surface area contributed by atoms with Gasteiger partial charge in [-0.15, -0.1) is 13.2 Å². The molecule has 1 aromatic carbocycles. The number of alkyl halides is 3. The molecule has 9 heteroatoms. The van der Waals surface area contributed by atoms with E-state index in [1.165, 1.54) is 0 Å². The van der Waals surface area contributed by atoms with Crippen LogP contribution in [0.2, 0.25) is 5.02 Å². The maximum atomic E-state index is 12.4. The first kappa shape index (κ1) is 21.1. The molecule has 1 unspecified atom stereocenters. The Labute approximate surface area is 182 Å². The van der Waals surface area contributed by atoms with E-state index < -0.39 is 18.6 Å². The Kier molecular flexibility index (Phi) is 4.84. The second-order valence-corrected chi connectivity index (χ2v) is 9.72. The minimum Gasteiger partial charge on any atom is -0.483 e. The highest BCUT2D eigenvalue weighted by molar-refractivity contribution is 6.31. The average molecular weight is 458 g/mol. The third-order valence-electron chi connectivity index (χ3n) is 6.94. The van der Waals surface area contributed by atoms with Gasteiger partial charge in [0.1, 0.15) is 11.9 Å². The normalized spacial score (nSPS) is 35.4. The van der Waals surface area contributed by atoms with Crippen LogP contribution in [0, 0.1) is 11.3 Å². The van der Waals surface area contributed by atoms with Crippen molar-refractivity contribution < 1.29 is 32.2 Å². The van der Waals surface area contributed by atoms with E-state index in [4.69, 9.17) is 21.1 Å². The summed E-state index contributed by atoms with van der Waals surface area (Å²) in [4.78, 5) is 12.4. The molecule has 0 bridgehead atoms. The van der Waals surface area contributed by atoms with Crippen LogP contribution in [0.25, 0.3) is 0 Å². The summed E-state index contributed by atoms with van der Waals surface area (Å²) in [5, 5.41) is 3.95. The third kappa shape index (κ3) is 4.05. The molecule has 5 nitrogen and oxygen atoms in total. The highest BCUT2D eigenvalue weighted by atomic mass is 35.5. The molecule has 168 valence electrons. The molecule has 0 spiro atoms. The Hall–Kier alpha value is -1.77. The van der Waals surface area contributed by atoms with Crippen LogP contribution < -0.4 is 10.1 Å². The number of carbonyl (C=O) groups is 1. The monoisotopic (exact) mass is 457 g/mol. The molecule has 0 aromatic heterocycles. The Morgan fingerprint density at radius 1 is 1.32 bits per heavy atom. The van der Waals surface area contributed by atoms with Gasteiger partial charge >= 0.3 is 6.36 Å². The van der Waals surface area contributed by atoms with Crippen molar-refractivity contribution in [2.75, 3.05) is 13.2 Å². The average Bonchev–Trinajstić information content (AvgIpc) is 3.44. The zero-order valence-corrected chi connectivity index (χ0v) is 17.5. The van der Waals surface area contributed by atoms with Crippen molar-refractivity contribution >= 4 is 17.4 Å². The van der Waals surface area contributed by atoms with Crippen molar-refractivity contribution in [1.82, 2.24) is 5.32 Å². The molecule has 1 heterocycles. The van der Waals surface area contributed by atoms with Gasteiger partial charge in [0.05, 0.1) is 24.7 Å². The third-order valence-corrected chi connectivity index (χ3v) is 7.18. The number of rotatable bonds is 8. The number of hydrogen-bond donors (Lipinski definition) is 1. The van der Waals surface area contributed by atoms with Crippen molar-refractivity contribution in [1.29, 1.82) is 0 Å². The van der Waals surface area contributed by atoms with Gasteiger partial charge in [0.2, 0.25) is 0 Å². The number of halogens is 4. The predicted octanol–water partition coefficient (Wildman–Crippen LogP) is 4.64. The molecule has 1 N–H and O–H groups in total. The van der Waals surface area contributed by atoms with E-state index in [1.807, 2.05) is 0 Å². The van der Waals surface area contributed by atoms with Gasteiger partial charge in [-0.05, 0) is 49.8 Å². The molecule has 1 atom stereocenters. The molecular weight excluding hydrogens is 435 g/mol. The fourth-order valence-corrected chi connectivity index (χ4v) is 5.04. The smallest absolute Gasteiger partial charge is 0.483 e. The van der Waals surface area contributed by atoms with Crippen LogP contribution >= 0.6 is 11.6 Å². The first-order valence-electron chi connectivity index (χ1n) is 10.4. The van der Waals surface area contributed by atoms with Gasteiger partial charge in [0.25, 0.3) is 0 Å². The largest absolute Gasteiger partial charge is 0.522 e. The van der Waals surface area contributed by atoms with Crippen LogP contribution in [0.15, 0.2) is 30.5 Å². The number of fused-ring (bicyclic) bond motifs is 2. The van der Waals surface area contributed by atoms with Gasteiger partial charge < -0.3 is 14.8 Å². The second kappa shape index (κ2) is 7.12. The lowest BCUT2D eigenvalue weighted by molar-refractivity contribution is -0.355. The molecule has 3 fully saturated rings. The molecule has 3 saturated carbocycles. The van der Waals surface area contributed by atoms with Crippen molar-refractivity contribution in [3.63, 3.8) is 0 Å². The number of Topliss-reactive ketones (excluding diaryl/α,β-unsaturated/α-hetero) is 1. The van der Waals surface area contributed by atoms with Gasteiger partial charge in [-0.2, -0.15) is 0 Å². The highest BCUT2D eigenvalue weighted by Crippen LogP contribution is 2.78. The summed E-state index contributed by atoms with van der Waals surface area (Å²) in [6.07, 6.45) is -2.85. The summed E-state index contributed by atoms with van der Waals surface area (Å²) in [6, 6.07) is 5.01. The van der Waals surface area contributed by atoms with E-state index in [0.29, 0.717) is 48.1 Å². The number of carbonyl (C=O) groups excluding carboxylic acids is 1. The number of hydrogen-bond acceptors (Lipinski definition) is 5. The summed E-state index contributed by atoms with van der Waals surface area (Å²) >= 11 is 5.96. The lowest BCUT2D eigenvalue weighted by atomic mass is 9.83. The maximum Gasteiger partial charge on any atom is 0.522 e. The van der Waals surface area contributed by atoms with Crippen molar-refractivity contribution in [2.24, 2.45) is 11.3 Å². The topological polar surface area (TPSA) is 56.8 Å². The fourth-order valence-electron chi connectivity index (χ4n) is 4.87. The number of nitrogens with one attached hydrogen (secondary N) is 1. The molecule has 31 heavy (non-hydrogen) atoms. The van der Waals surface area contributed by atoms with E-state index >= 15 is 0 Å². The fraction of sp³-hybridized carbons (Fsp3) is 0.591. The lowest BCUT2D eigenvalue weighted by Crippen LogP contribution is -2.38. The maximum absolute atomic E-state index is 12.4. The van der Waals surface area contributed by atoms with Crippen LogP contribution in [0.5, 0.6) is 5.75 Å². The van der Waals surface area contributed by atoms with E-state index in [1.54, 1.807) is 18.2 Å². The Bertz CT molecular complexity index is 922. The molecule has 0 saturated heterocycles. The minimum atomic E-state index is -4.56. The van der Waals surface area contributed by atoms with Crippen molar-refractivity contribution in [3.05, 3.63) is 41.1 Å². The predicted molar refractivity (Wildman–Crippen MR) is 106 cm³/mol. The molecule has 3 aliphatic carbocycles. The molecule has 0 radical (unpaired) electrons. The first-order valence-corrected chi connectivity index (χ1v) is 10.7. The van der Waals surface area contributed by atoms with E-state index in [0.717, 1.165) is 12.8 Å². The second-order valence-electron chi connectivity index (χ2n) is 9.28. The molecule has 1 aliphatic heterocycles. The number of benzene rings is 1. The summed E-state index contributed by atoms with van der Waals surface area (Å²) in [7, 11) is 0. The number of ketones is 1. The van der Waals surface area contributed by atoms with Crippen LogP contribution in [0.3, 0.4) is 0 Å². The standard InChI is InChI=1S/C22H23ClF3NO4/c1-12(19-7-17(28)16-6-14(23)2-3-18(16)30-19)27-21-9-20(21,10-21)11-29-8-13-4-15(5-13)31-22(24,25)26/h2-3,6,13,15,19,27H,1,4-5,7-11H2. The molecule has 1 aromatic rings. The summed E-state index contributed by atoms with van der Waals surface area (Å²) < 4.78 is 52.3. The van der Waals surface area contributed by atoms with Crippen molar-refractivity contribution in [3.8, 4) is 5.75 Å². The van der Waals surface area contributed by atoms with Gasteiger partial charge in [-0.1, -0.05) is 18.2 Å². The van der Waals surface area contributed by atoms with Crippen LogP contribution in [-0.4, -0.2) is 43.1 Å². The quantitative estimate of drug-likeness (QED) is 0.616. The zero-order valence-electron chi connectivity index (χ0n) is 16.8. The van der Waals surface area contributed by atoms with Crippen LogP contribution in [0.4, 0.5) is 13.2 Å². The molecule has 0 amide bonds. The Morgan fingerprint density at radius 3 is 2.77 bits per heavy atom. The van der Waals surface area contributed by atoms with Gasteiger partial charge in [0, 0.05) is 28.3 Å². The highest BCUT2D eigenvalue weighted by Gasteiger charge is 2.83. The minimum absolute atomic E-state index is 0.0244.